The predicted molar refractivity (Wildman–Crippen MR) is 115 cm³/mol. The van der Waals surface area contributed by atoms with Gasteiger partial charge in [-0.1, -0.05) is 43.5 Å². The van der Waals surface area contributed by atoms with Crippen LogP contribution in [-0.2, 0) is 19.6 Å². The standard InChI is InChI=1S/C22H25N3O5S/c26-20(23-17-6-2-1-3-7-17)14-30-22(27)16-12-10-15(11-13-16)21-24-18-8-4-5-9-19(18)31(28,29)25-21/h4-5,8-13,17,21,24-25H,1-3,6-7,14H2,(H,23,26)/t21-/m0/s1. The summed E-state index contributed by atoms with van der Waals surface area (Å²) in [5, 5.41) is 6.04. The fourth-order valence-corrected chi connectivity index (χ4v) is 5.22. The van der Waals surface area contributed by atoms with E-state index in [4.69, 9.17) is 4.74 Å². The van der Waals surface area contributed by atoms with Crippen molar-refractivity contribution in [3.05, 3.63) is 59.7 Å². The molecule has 8 nitrogen and oxygen atoms in total. The minimum Gasteiger partial charge on any atom is -0.452 e. The summed E-state index contributed by atoms with van der Waals surface area (Å²) in [5.74, 6) is -0.899. The van der Waals surface area contributed by atoms with E-state index in [0.717, 1.165) is 25.7 Å². The number of esters is 1. The molecule has 0 spiro atoms. The molecule has 1 aliphatic heterocycles. The second-order valence-corrected chi connectivity index (χ2v) is 9.48. The second kappa shape index (κ2) is 9.07. The monoisotopic (exact) mass is 443 g/mol. The van der Waals surface area contributed by atoms with Crippen LogP contribution in [0, 0.1) is 0 Å². The summed E-state index contributed by atoms with van der Waals surface area (Å²) in [6.45, 7) is -0.322. The summed E-state index contributed by atoms with van der Waals surface area (Å²) in [4.78, 5) is 24.5. The molecule has 0 unspecified atom stereocenters. The van der Waals surface area contributed by atoms with Gasteiger partial charge in [0.15, 0.2) is 6.61 Å². The number of para-hydroxylation sites is 1. The number of rotatable bonds is 5. The van der Waals surface area contributed by atoms with Gasteiger partial charge in [-0.15, -0.1) is 0 Å². The van der Waals surface area contributed by atoms with Crippen LogP contribution in [0.3, 0.4) is 0 Å². The molecule has 2 aromatic rings. The normalized spacial score (nSPS) is 20.2. The molecule has 164 valence electrons. The van der Waals surface area contributed by atoms with Crippen molar-refractivity contribution in [3.8, 4) is 0 Å². The number of hydrogen-bond acceptors (Lipinski definition) is 6. The lowest BCUT2D eigenvalue weighted by Crippen LogP contribution is -2.38. The Morgan fingerprint density at radius 1 is 1.00 bits per heavy atom. The van der Waals surface area contributed by atoms with E-state index in [1.54, 1.807) is 42.5 Å². The van der Waals surface area contributed by atoms with Gasteiger partial charge in [0.25, 0.3) is 5.91 Å². The molecule has 9 heteroatoms. The Morgan fingerprint density at radius 3 is 2.45 bits per heavy atom. The molecule has 3 N–H and O–H groups in total. The molecule has 1 amide bonds. The zero-order chi connectivity index (χ0) is 21.8. The molecule has 1 fully saturated rings. The Balaban J connectivity index is 1.35. The third-order valence-electron chi connectivity index (χ3n) is 5.53. The molecule has 0 aromatic heterocycles. The minimum atomic E-state index is -3.64. The SMILES string of the molecule is O=C(COC(=O)c1ccc([C@H]2Nc3ccccc3S(=O)(=O)N2)cc1)NC1CCCCC1. The van der Waals surface area contributed by atoms with Crippen LogP contribution in [0.4, 0.5) is 5.69 Å². The highest BCUT2D eigenvalue weighted by Crippen LogP contribution is 2.30. The molecule has 2 aliphatic rings. The van der Waals surface area contributed by atoms with E-state index in [-0.39, 0.29) is 29.0 Å². The first-order valence-electron chi connectivity index (χ1n) is 10.4. The maximum Gasteiger partial charge on any atom is 0.338 e. The lowest BCUT2D eigenvalue weighted by molar-refractivity contribution is -0.125. The average molecular weight is 444 g/mol. The topological polar surface area (TPSA) is 114 Å². The summed E-state index contributed by atoms with van der Waals surface area (Å²) in [6, 6.07) is 13.2. The summed E-state index contributed by atoms with van der Waals surface area (Å²) in [5.41, 5.74) is 1.44. The Kier molecular flexibility index (Phi) is 6.24. The first-order valence-corrected chi connectivity index (χ1v) is 11.8. The second-order valence-electron chi connectivity index (χ2n) is 7.80. The van der Waals surface area contributed by atoms with E-state index in [9.17, 15) is 18.0 Å². The highest BCUT2D eigenvalue weighted by Gasteiger charge is 2.29. The first-order chi connectivity index (χ1) is 14.9. The van der Waals surface area contributed by atoms with Crippen molar-refractivity contribution in [1.82, 2.24) is 10.0 Å². The summed E-state index contributed by atoms with van der Waals surface area (Å²) in [7, 11) is -3.64. The van der Waals surface area contributed by atoms with Gasteiger partial charge >= 0.3 is 5.97 Å². The Bertz CT molecular complexity index is 1060. The van der Waals surface area contributed by atoms with Crippen LogP contribution in [0.25, 0.3) is 0 Å². The van der Waals surface area contributed by atoms with Crippen molar-refractivity contribution in [3.63, 3.8) is 0 Å². The van der Waals surface area contributed by atoms with Crippen molar-refractivity contribution in [2.45, 2.75) is 49.2 Å². The van der Waals surface area contributed by atoms with E-state index in [0.29, 0.717) is 11.3 Å². The van der Waals surface area contributed by atoms with Crippen molar-refractivity contribution in [2.24, 2.45) is 0 Å². The fourth-order valence-electron chi connectivity index (χ4n) is 3.92. The molecule has 31 heavy (non-hydrogen) atoms. The van der Waals surface area contributed by atoms with E-state index in [2.05, 4.69) is 15.4 Å². The minimum absolute atomic E-state index is 0.163. The fraction of sp³-hybridized carbons (Fsp3) is 0.364. The van der Waals surface area contributed by atoms with Gasteiger partial charge in [-0.05, 0) is 42.7 Å². The maximum absolute atomic E-state index is 12.5. The third-order valence-corrected chi connectivity index (χ3v) is 7.01. The highest BCUT2D eigenvalue weighted by atomic mass is 32.2. The molecule has 1 saturated carbocycles. The zero-order valence-corrected chi connectivity index (χ0v) is 17.8. The van der Waals surface area contributed by atoms with Crippen molar-refractivity contribution in [2.75, 3.05) is 11.9 Å². The maximum atomic E-state index is 12.5. The Hall–Kier alpha value is -2.91. The van der Waals surface area contributed by atoms with Gasteiger partial charge in [0, 0.05) is 6.04 Å². The van der Waals surface area contributed by atoms with E-state index < -0.39 is 22.2 Å². The third kappa shape index (κ3) is 5.05. The van der Waals surface area contributed by atoms with Crippen LogP contribution in [0.15, 0.2) is 53.4 Å². The summed E-state index contributed by atoms with van der Waals surface area (Å²) < 4.78 is 32.6. The molecular formula is C22H25N3O5S. The average Bonchev–Trinajstić information content (AvgIpc) is 2.78. The quantitative estimate of drug-likeness (QED) is 0.613. The molecule has 4 rings (SSSR count). The van der Waals surface area contributed by atoms with Crippen LogP contribution in [0.1, 0.15) is 54.2 Å². The van der Waals surface area contributed by atoms with Crippen molar-refractivity contribution in [1.29, 1.82) is 0 Å². The predicted octanol–water partition coefficient (Wildman–Crippen LogP) is 2.69. The summed E-state index contributed by atoms with van der Waals surface area (Å²) in [6.07, 6.45) is 4.67. The van der Waals surface area contributed by atoms with Crippen LogP contribution in [0.5, 0.6) is 0 Å². The molecular weight excluding hydrogens is 418 g/mol. The zero-order valence-electron chi connectivity index (χ0n) is 17.0. The van der Waals surface area contributed by atoms with Gasteiger partial charge in [0.1, 0.15) is 11.1 Å². The van der Waals surface area contributed by atoms with Crippen LogP contribution in [-0.4, -0.2) is 32.9 Å². The van der Waals surface area contributed by atoms with Crippen molar-refractivity contribution < 1.29 is 22.7 Å². The molecule has 0 saturated heterocycles. The van der Waals surface area contributed by atoms with Gasteiger partial charge in [-0.25, -0.2) is 13.2 Å². The molecule has 0 radical (unpaired) electrons. The summed E-state index contributed by atoms with van der Waals surface area (Å²) >= 11 is 0. The number of ether oxygens (including phenoxy) is 1. The molecule has 1 heterocycles. The molecule has 0 bridgehead atoms. The number of benzene rings is 2. The lowest BCUT2D eigenvalue weighted by atomic mass is 9.95. The number of carbonyl (C=O) groups is 2. The number of hydrogen-bond donors (Lipinski definition) is 3. The van der Waals surface area contributed by atoms with E-state index in [1.165, 1.54) is 12.5 Å². The number of amides is 1. The van der Waals surface area contributed by atoms with Crippen molar-refractivity contribution >= 4 is 27.6 Å². The lowest BCUT2D eigenvalue weighted by Gasteiger charge is -2.28. The number of carbonyl (C=O) groups excluding carboxylic acids is 2. The van der Waals surface area contributed by atoms with Gasteiger partial charge in [-0.2, -0.15) is 4.72 Å². The van der Waals surface area contributed by atoms with Crippen LogP contribution in [0.2, 0.25) is 0 Å². The largest absolute Gasteiger partial charge is 0.452 e. The molecule has 1 atom stereocenters. The number of anilines is 1. The molecule has 2 aromatic carbocycles. The number of sulfonamides is 1. The van der Waals surface area contributed by atoms with Gasteiger partial charge in [-0.3, -0.25) is 4.79 Å². The van der Waals surface area contributed by atoms with Gasteiger partial charge in [0.2, 0.25) is 10.0 Å². The van der Waals surface area contributed by atoms with E-state index in [1.807, 2.05) is 0 Å². The number of nitrogens with one attached hydrogen (secondary N) is 3. The number of fused-ring (bicyclic) bond motifs is 1. The van der Waals surface area contributed by atoms with E-state index >= 15 is 0 Å². The highest BCUT2D eigenvalue weighted by molar-refractivity contribution is 7.89. The van der Waals surface area contributed by atoms with Gasteiger partial charge < -0.3 is 15.4 Å². The Morgan fingerprint density at radius 2 is 1.71 bits per heavy atom. The first kappa shape index (κ1) is 21.3. The Labute approximate surface area is 181 Å². The smallest absolute Gasteiger partial charge is 0.338 e. The van der Waals surface area contributed by atoms with Crippen LogP contribution < -0.4 is 15.4 Å². The van der Waals surface area contributed by atoms with Crippen LogP contribution >= 0.6 is 0 Å². The van der Waals surface area contributed by atoms with Gasteiger partial charge in [0.05, 0.1) is 11.3 Å². The molecule has 1 aliphatic carbocycles.